The zero-order valence-electron chi connectivity index (χ0n) is 11.2. The van der Waals surface area contributed by atoms with Gasteiger partial charge in [-0.05, 0) is 25.1 Å². The predicted octanol–water partition coefficient (Wildman–Crippen LogP) is 1.17. The van der Waals surface area contributed by atoms with Gasteiger partial charge in [0.1, 0.15) is 0 Å². The van der Waals surface area contributed by atoms with Gasteiger partial charge in [0.05, 0.1) is 37.0 Å². The Morgan fingerprint density at radius 2 is 2.40 bits per heavy atom. The van der Waals surface area contributed by atoms with Gasteiger partial charge < -0.3 is 20.1 Å². The molecule has 1 aromatic rings. The molecule has 1 aliphatic rings. The van der Waals surface area contributed by atoms with Crippen molar-refractivity contribution in [2.75, 3.05) is 25.0 Å². The molecule has 1 aromatic carbocycles. The highest BCUT2D eigenvalue weighted by Gasteiger charge is 2.27. The molecule has 106 valence electrons. The fourth-order valence-electron chi connectivity index (χ4n) is 2.18. The molecular weight excluding hydrogens is 258 g/mol. The first-order chi connectivity index (χ1) is 9.62. The van der Waals surface area contributed by atoms with Crippen LogP contribution in [0, 0.1) is 11.3 Å². The molecule has 0 aromatic heterocycles. The lowest BCUT2D eigenvalue weighted by Crippen LogP contribution is -2.51. The number of nitrogens with one attached hydrogen (secondary N) is 1. The molecule has 1 fully saturated rings. The van der Waals surface area contributed by atoms with Crippen molar-refractivity contribution in [2.45, 2.75) is 19.1 Å². The summed E-state index contributed by atoms with van der Waals surface area (Å²) in [4.78, 5) is 13.8. The van der Waals surface area contributed by atoms with Crippen LogP contribution in [0.3, 0.4) is 0 Å². The summed E-state index contributed by atoms with van der Waals surface area (Å²) in [5, 5.41) is 20.7. The summed E-state index contributed by atoms with van der Waals surface area (Å²) in [5.74, 6) is 0. The average molecular weight is 275 g/mol. The third kappa shape index (κ3) is 3.47. The molecule has 6 heteroatoms. The predicted molar refractivity (Wildman–Crippen MR) is 73.2 cm³/mol. The van der Waals surface area contributed by atoms with Crippen molar-refractivity contribution in [1.29, 1.82) is 5.26 Å². The van der Waals surface area contributed by atoms with E-state index in [0.717, 1.165) is 0 Å². The Balaban J connectivity index is 2.02. The summed E-state index contributed by atoms with van der Waals surface area (Å²) in [6.07, 6.45) is -0.466. The first-order valence-corrected chi connectivity index (χ1v) is 6.44. The lowest BCUT2D eigenvalue weighted by Gasteiger charge is -2.36. The van der Waals surface area contributed by atoms with Gasteiger partial charge in [0.15, 0.2) is 0 Å². The second-order valence-electron chi connectivity index (χ2n) is 4.78. The molecule has 2 N–H and O–H groups in total. The molecule has 6 nitrogen and oxygen atoms in total. The van der Waals surface area contributed by atoms with Crippen LogP contribution in [0.25, 0.3) is 0 Å². The number of morpholine rings is 1. The number of rotatable bonds is 2. The Bertz CT molecular complexity index is 527. The number of aliphatic hydroxyl groups is 1. The van der Waals surface area contributed by atoms with Crippen LogP contribution < -0.4 is 5.32 Å². The van der Waals surface area contributed by atoms with Crippen LogP contribution in [0.4, 0.5) is 10.5 Å². The van der Waals surface area contributed by atoms with E-state index in [-0.39, 0.29) is 24.8 Å². The Morgan fingerprint density at radius 3 is 3.10 bits per heavy atom. The van der Waals surface area contributed by atoms with Crippen molar-refractivity contribution in [3.8, 4) is 6.07 Å². The normalized spacial score (nSPS) is 22.1. The number of nitriles is 1. The van der Waals surface area contributed by atoms with Crippen LogP contribution in [-0.2, 0) is 4.74 Å². The van der Waals surface area contributed by atoms with E-state index < -0.39 is 0 Å². The number of carbonyl (C=O) groups is 1. The average Bonchev–Trinajstić information content (AvgIpc) is 2.46. The maximum Gasteiger partial charge on any atom is 0.322 e. The molecular formula is C14H17N3O3. The van der Waals surface area contributed by atoms with Crippen LogP contribution in [0.2, 0.25) is 0 Å². The second-order valence-corrected chi connectivity index (χ2v) is 4.78. The summed E-state index contributed by atoms with van der Waals surface area (Å²) < 4.78 is 5.49. The molecule has 2 unspecified atom stereocenters. The highest BCUT2D eigenvalue weighted by atomic mass is 16.5. The number of ether oxygens (including phenoxy) is 1. The van der Waals surface area contributed by atoms with E-state index in [0.29, 0.717) is 24.3 Å². The maximum absolute atomic E-state index is 12.2. The minimum atomic E-state index is -0.352. The summed E-state index contributed by atoms with van der Waals surface area (Å²) >= 11 is 0. The van der Waals surface area contributed by atoms with Gasteiger partial charge in [-0.3, -0.25) is 0 Å². The Labute approximate surface area is 117 Å². The van der Waals surface area contributed by atoms with E-state index in [4.69, 9.17) is 15.1 Å². The van der Waals surface area contributed by atoms with Crippen molar-refractivity contribution < 1.29 is 14.6 Å². The fourth-order valence-corrected chi connectivity index (χ4v) is 2.18. The summed E-state index contributed by atoms with van der Waals surface area (Å²) in [7, 11) is 0. The van der Waals surface area contributed by atoms with Crippen LogP contribution >= 0.6 is 0 Å². The van der Waals surface area contributed by atoms with Crippen molar-refractivity contribution >= 4 is 11.7 Å². The number of aliphatic hydroxyl groups excluding tert-OH is 1. The molecule has 2 rings (SSSR count). The summed E-state index contributed by atoms with van der Waals surface area (Å²) in [6.45, 7) is 2.57. The fraction of sp³-hybridized carbons (Fsp3) is 0.429. The van der Waals surface area contributed by atoms with E-state index in [1.54, 1.807) is 29.2 Å². The largest absolute Gasteiger partial charge is 0.394 e. The van der Waals surface area contributed by atoms with Crippen molar-refractivity contribution in [3.05, 3.63) is 29.8 Å². The number of hydrogen-bond acceptors (Lipinski definition) is 4. The number of amides is 2. The number of benzene rings is 1. The van der Waals surface area contributed by atoms with Crippen LogP contribution in [0.5, 0.6) is 0 Å². The number of nitrogens with zero attached hydrogens (tertiary/aromatic N) is 2. The van der Waals surface area contributed by atoms with Crippen LogP contribution in [0.1, 0.15) is 12.5 Å². The SMILES string of the molecule is CC1CN(C(=O)Nc2cccc(C#N)c2)CC(CO)O1. The molecule has 0 saturated carbocycles. The van der Waals surface area contributed by atoms with E-state index in [9.17, 15) is 4.79 Å². The first kappa shape index (κ1) is 14.3. The Kier molecular flexibility index (Phi) is 4.56. The molecule has 2 atom stereocenters. The van der Waals surface area contributed by atoms with Crippen LogP contribution in [0.15, 0.2) is 24.3 Å². The number of urea groups is 1. The van der Waals surface area contributed by atoms with Gasteiger partial charge in [-0.1, -0.05) is 6.07 Å². The zero-order valence-corrected chi connectivity index (χ0v) is 11.2. The quantitative estimate of drug-likeness (QED) is 0.848. The lowest BCUT2D eigenvalue weighted by atomic mass is 10.2. The van der Waals surface area contributed by atoms with E-state index in [1.807, 2.05) is 13.0 Å². The molecule has 0 aliphatic carbocycles. The third-order valence-electron chi connectivity index (χ3n) is 3.06. The number of anilines is 1. The third-order valence-corrected chi connectivity index (χ3v) is 3.06. The van der Waals surface area contributed by atoms with Crippen molar-refractivity contribution in [1.82, 2.24) is 4.90 Å². The van der Waals surface area contributed by atoms with Crippen molar-refractivity contribution in [2.24, 2.45) is 0 Å². The van der Waals surface area contributed by atoms with Gasteiger partial charge >= 0.3 is 6.03 Å². The maximum atomic E-state index is 12.2. The molecule has 20 heavy (non-hydrogen) atoms. The van der Waals surface area contributed by atoms with E-state index in [2.05, 4.69) is 5.32 Å². The minimum Gasteiger partial charge on any atom is -0.394 e. The second kappa shape index (κ2) is 6.37. The summed E-state index contributed by atoms with van der Waals surface area (Å²) in [6, 6.07) is 8.50. The number of hydrogen-bond donors (Lipinski definition) is 2. The smallest absolute Gasteiger partial charge is 0.322 e. The lowest BCUT2D eigenvalue weighted by molar-refractivity contribution is -0.0822. The van der Waals surface area contributed by atoms with Crippen LogP contribution in [-0.4, -0.2) is 47.9 Å². The highest BCUT2D eigenvalue weighted by molar-refractivity contribution is 5.89. The van der Waals surface area contributed by atoms with Gasteiger partial charge in [-0.2, -0.15) is 5.26 Å². The molecule has 1 saturated heterocycles. The highest BCUT2D eigenvalue weighted by Crippen LogP contribution is 2.14. The first-order valence-electron chi connectivity index (χ1n) is 6.44. The monoisotopic (exact) mass is 275 g/mol. The van der Waals surface area contributed by atoms with Gasteiger partial charge in [0, 0.05) is 12.2 Å². The van der Waals surface area contributed by atoms with Gasteiger partial charge in [0.25, 0.3) is 0 Å². The van der Waals surface area contributed by atoms with E-state index in [1.165, 1.54) is 0 Å². The van der Waals surface area contributed by atoms with Gasteiger partial charge in [-0.15, -0.1) is 0 Å². The number of carbonyl (C=O) groups excluding carboxylic acids is 1. The molecule has 0 radical (unpaired) electrons. The molecule has 0 spiro atoms. The topological polar surface area (TPSA) is 85.6 Å². The molecule has 1 heterocycles. The molecule has 0 bridgehead atoms. The Hall–Kier alpha value is -2.10. The van der Waals surface area contributed by atoms with Gasteiger partial charge in [-0.25, -0.2) is 4.79 Å². The standard InChI is InChI=1S/C14H17N3O3/c1-10-7-17(8-13(9-18)20-10)14(19)16-12-4-2-3-11(5-12)6-15/h2-5,10,13,18H,7-9H2,1H3,(H,16,19). The van der Waals surface area contributed by atoms with Crippen molar-refractivity contribution in [3.63, 3.8) is 0 Å². The molecule has 2 amide bonds. The molecule has 1 aliphatic heterocycles. The summed E-state index contributed by atoms with van der Waals surface area (Å²) in [5.41, 5.74) is 1.07. The zero-order chi connectivity index (χ0) is 14.5. The Morgan fingerprint density at radius 1 is 1.60 bits per heavy atom. The van der Waals surface area contributed by atoms with E-state index >= 15 is 0 Å². The van der Waals surface area contributed by atoms with Gasteiger partial charge in [0.2, 0.25) is 0 Å². The minimum absolute atomic E-state index is 0.113.